The second kappa shape index (κ2) is 13.6. The van der Waals surface area contributed by atoms with Crippen LogP contribution in [0.3, 0.4) is 0 Å². The Morgan fingerprint density at radius 3 is 1.89 bits per heavy atom. The summed E-state index contributed by atoms with van der Waals surface area (Å²) in [5, 5.41) is 0. The van der Waals surface area contributed by atoms with Crippen LogP contribution in [0.25, 0.3) is 22.4 Å². The quantitative estimate of drug-likeness (QED) is 0.176. The lowest BCUT2D eigenvalue weighted by Crippen LogP contribution is -2.44. The van der Waals surface area contributed by atoms with E-state index < -0.39 is 0 Å². The molecule has 0 unspecified atom stereocenters. The molecule has 3 heterocycles. The average Bonchev–Trinajstić information content (AvgIpc) is 3.06. The van der Waals surface area contributed by atoms with Gasteiger partial charge < -0.3 is 4.90 Å². The third-order valence-electron chi connectivity index (χ3n) is 10.2. The highest BCUT2D eigenvalue weighted by Gasteiger charge is 2.26. The predicted molar refractivity (Wildman–Crippen MR) is 193 cm³/mol. The third-order valence-corrected chi connectivity index (χ3v) is 10.2. The van der Waals surface area contributed by atoms with Crippen LogP contribution in [0.5, 0.6) is 0 Å². The minimum atomic E-state index is 0.470. The largest absolute Gasteiger partial charge is 0.364 e. The smallest absolute Gasteiger partial charge is 0.0705 e. The fraction of sp³-hybridized carbons (Fsp3) is 0.333. The first-order valence-electron chi connectivity index (χ1n) is 16.8. The van der Waals surface area contributed by atoms with Crippen LogP contribution < -0.4 is 4.90 Å². The molecule has 0 radical (unpaired) electrons. The maximum Gasteiger partial charge on any atom is 0.0705 e. The Morgan fingerprint density at radius 1 is 0.652 bits per heavy atom. The van der Waals surface area contributed by atoms with E-state index in [0.29, 0.717) is 6.04 Å². The summed E-state index contributed by atoms with van der Waals surface area (Å²) in [7, 11) is 0. The molecular weight excluding hydrogens is 560 g/mol. The van der Waals surface area contributed by atoms with Crippen LogP contribution in [-0.2, 0) is 13.1 Å². The highest BCUT2D eigenvalue weighted by Crippen LogP contribution is 2.30. The van der Waals surface area contributed by atoms with Crippen molar-refractivity contribution in [2.24, 2.45) is 0 Å². The fourth-order valence-electron chi connectivity index (χ4n) is 6.86. The maximum atomic E-state index is 4.74. The Labute approximate surface area is 276 Å². The SMILES string of the molecule is Cc1ccc(N(Cc2cncc(-c3cc(C)c(C)c(C)c3)c2)C2CCN(Cc3ccnc(-c4cc(C)c(C)c(C)c4)c3)CC2)cc1. The maximum absolute atomic E-state index is 4.74. The van der Waals surface area contributed by atoms with Crippen molar-refractivity contribution < 1.29 is 0 Å². The molecule has 2 aromatic heterocycles. The molecule has 6 rings (SSSR count). The monoisotopic (exact) mass is 608 g/mol. The number of pyridine rings is 2. The summed E-state index contributed by atoms with van der Waals surface area (Å²) in [6.07, 6.45) is 8.29. The number of aryl methyl sites for hydroxylation is 5. The van der Waals surface area contributed by atoms with Crippen molar-refractivity contribution in [3.8, 4) is 22.4 Å². The molecule has 0 atom stereocenters. The van der Waals surface area contributed by atoms with Gasteiger partial charge in [-0.3, -0.25) is 14.9 Å². The lowest BCUT2D eigenvalue weighted by Gasteiger charge is -2.40. The molecule has 236 valence electrons. The average molecular weight is 609 g/mol. The summed E-state index contributed by atoms with van der Waals surface area (Å²) in [6, 6.07) is 25.5. The van der Waals surface area contributed by atoms with Crippen LogP contribution in [0.2, 0.25) is 0 Å². The van der Waals surface area contributed by atoms with Gasteiger partial charge in [-0.1, -0.05) is 29.8 Å². The van der Waals surface area contributed by atoms with Crippen LogP contribution in [0, 0.1) is 48.5 Å². The number of benzene rings is 3. The van der Waals surface area contributed by atoms with Crippen LogP contribution in [0.1, 0.15) is 62.9 Å². The van der Waals surface area contributed by atoms with Gasteiger partial charge in [0.05, 0.1) is 5.69 Å². The van der Waals surface area contributed by atoms with Crippen LogP contribution in [0.4, 0.5) is 5.69 Å². The van der Waals surface area contributed by atoms with E-state index in [2.05, 4.69) is 125 Å². The first-order valence-corrected chi connectivity index (χ1v) is 16.8. The molecule has 0 aliphatic carbocycles. The summed E-state index contributed by atoms with van der Waals surface area (Å²) < 4.78 is 0. The molecule has 1 aliphatic rings. The number of anilines is 1. The molecule has 4 heteroatoms. The van der Waals surface area contributed by atoms with Crippen molar-refractivity contribution in [3.05, 3.63) is 135 Å². The molecule has 1 fully saturated rings. The number of piperidine rings is 1. The molecule has 46 heavy (non-hydrogen) atoms. The van der Waals surface area contributed by atoms with E-state index in [9.17, 15) is 0 Å². The van der Waals surface area contributed by atoms with Gasteiger partial charge in [-0.2, -0.15) is 0 Å². The van der Waals surface area contributed by atoms with Gasteiger partial charge >= 0.3 is 0 Å². The fourth-order valence-corrected chi connectivity index (χ4v) is 6.86. The summed E-state index contributed by atoms with van der Waals surface area (Å²) >= 11 is 0. The minimum absolute atomic E-state index is 0.470. The third kappa shape index (κ3) is 7.08. The molecule has 0 amide bonds. The van der Waals surface area contributed by atoms with E-state index in [-0.39, 0.29) is 0 Å². The minimum Gasteiger partial charge on any atom is -0.364 e. The summed E-state index contributed by atoms with van der Waals surface area (Å²) in [6.45, 7) is 19.3. The highest BCUT2D eigenvalue weighted by molar-refractivity contribution is 5.66. The summed E-state index contributed by atoms with van der Waals surface area (Å²) in [5.74, 6) is 0. The highest BCUT2D eigenvalue weighted by atomic mass is 15.2. The van der Waals surface area contributed by atoms with Crippen molar-refractivity contribution in [3.63, 3.8) is 0 Å². The zero-order valence-electron chi connectivity index (χ0n) is 28.7. The molecule has 0 spiro atoms. The van der Waals surface area contributed by atoms with E-state index in [1.807, 2.05) is 18.6 Å². The molecular formula is C42H48N4. The van der Waals surface area contributed by atoms with Gasteiger partial charge in [0.2, 0.25) is 0 Å². The van der Waals surface area contributed by atoms with Gasteiger partial charge in [0, 0.05) is 67.6 Å². The lowest BCUT2D eigenvalue weighted by atomic mass is 9.96. The second-order valence-corrected chi connectivity index (χ2v) is 13.6. The van der Waals surface area contributed by atoms with Crippen molar-refractivity contribution >= 4 is 5.69 Å². The Hall–Kier alpha value is -4.28. The number of likely N-dealkylation sites (tertiary alicyclic amines) is 1. The predicted octanol–water partition coefficient (Wildman–Crippen LogP) is 9.64. The van der Waals surface area contributed by atoms with Gasteiger partial charge in [0.25, 0.3) is 0 Å². The number of hydrogen-bond acceptors (Lipinski definition) is 4. The summed E-state index contributed by atoms with van der Waals surface area (Å²) in [5.41, 5.74) is 17.9. The molecule has 1 aliphatic heterocycles. The Bertz CT molecular complexity index is 1780. The van der Waals surface area contributed by atoms with Crippen LogP contribution >= 0.6 is 0 Å². The van der Waals surface area contributed by atoms with Crippen molar-refractivity contribution in [2.45, 2.75) is 80.4 Å². The lowest BCUT2D eigenvalue weighted by molar-refractivity contribution is 0.201. The van der Waals surface area contributed by atoms with Crippen molar-refractivity contribution in [2.75, 3.05) is 18.0 Å². The second-order valence-electron chi connectivity index (χ2n) is 13.6. The Kier molecular flexibility index (Phi) is 9.37. The van der Waals surface area contributed by atoms with Gasteiger partial charge in [-0.15, -0.1) is 0 Å². The van der Waals surface area contributed by atoms with Gasteiger partial charge in [-0.25, -0.2) is 0 Å². The summed E-state index contributed by atoms with van der Waals surface area (Å²) in [4.78, 5) is 14.7. The zero-order valence-corrected chi connectivity index (χ0v) is 28.7. The standard InChI is InChI=1S/C42H48N4/c1-28-8-10-40(11-9-28)46(27-36-22-39(25-43-24-36)37-18-29(2)33(6)30(3)19-37)41-13-16-45(17-14-41)26-35-12-15-44-42(23-35)38-20-31(4)34(7)32(5)21-38/h8-12,15,18-25,41H,13-14,16-17,26-27H2,1-7H3. The first kappa shape index (κ1) is 31.7. The van der Waals surface area contributed by atoms with Gasteiger partial charge in [0.1, 0.15) is 0 Å². The molecule has 5 aromatic rings. The Balaban J connectivity index is 1.17. The van der Waals surface area contributed by atoms with E-state index in [0.717, 1.165) is 44.7 Å². The Morgan fingerprint density at radius 2 is 1.26 bits per heavy atom. The number of nitrogens with zero attached hydrogens (tertiary/aromatic N) is 4. The molecule has 3 aromatic carbocycles. The zero-order chi connectivity index (χ0) is 32.4. The molecule has 0 bridgehead atoms. The first-order chi connectivity index (χ1) is 22.1. The molecule has 4 nitrogen and oxygen atoms in total. The number of hydrogen-bond donors (Lipinski definition) is 0. The van der Waals surface area contributed by atoms with E-state index in [1.165, 1.54) is 72.4 Å². The van der Waals surface area contributed by atoms with Gasteiger partial charge in [-0.05, 0) is 154 Å². The van der Waals surface area contributed by atoms with E-state index in [4.69, 9.17) is 9.97 Å². The number of aromatic nitrogens is 2. The number of rotatable bonds is 8. The van der Waals surface area contributed by atoms with Crippen molar-refractivity contribution in [1.29, 1.82) is 0 Å². The topological polar surface area (TPSA) is 32.3 Å². The van der Waals surface area contributed by atoms with Crippen molar-refractivity contribution in [1.82, 2.24) is 14.9 Å². The molecule has 0 saturated carbocycles. The van der Waals surface area contributed by atoms with E-state index in [1.54, 1.807) is 0 Å². The van der Waals surface area contributed by atoms with Crippen LogP contribution in [-0.4, -0.2) is 34.0 Å². The normalized spacial score (nSPS) is 14.1. The van der Waals surface area contributed by atoms with E-state index >= 15 is 0 Å². The molecule has 0 N–H and O–H groups in total. The molecule has 1 saturated heterocycles. The van der Waals surface area contributed by atoms with Gasteiger partial charge in [0.15, 0.2) is 0 Å². The van der Waals surface area contributed by atoms with Crippen LogP contribution in [0.15, 0.2) is 85.3 Å².